The highest BCUT2D eigenvalue weighted by Crippen LogP contribution is 2.34. The summed E-state index contributed by atoms with van der Waals surface area (Å²) in [4.78, 5) is 33.5. The zero-order chi connectivity index (χ0) is 21.4. The second kappa shape index (κ2) is 8.05. The van der Waals surface area contributed by atoms with Crippen molar-refractivity contribution in [3.05, 3.63) is 69.8 Å². The smallest absolute Gasteiger partial charge is 0.266 e. The van der Waals surface area contributed by atoms with E-state index in [4.69, 9.17) is 4.98 Å². The summed E-state index contributed by atoms with van der Waals surface area (Å²) < 4.78 is 1.71. The quantitative estimate of drug-likeness (QED) is 0.599. The van der Waals surface area contributed by atoms with E-state index < -0.39 is 0 Å². The van der Waals surface area contributed by atoms with Crippen LogP contribution in [-0.4, -0.2) is 26.9 Å². The molecule has 3 aromatic rings. The molecule has 5 nitrogen and oxygen atoms in total. The highest BCUT2D eigenvalue weighted by molar-refractivity contribution is 5.82. The Kier molecular flexibility index (Phi) is 5.46. The maximum Gasteiger partial charge on any atom is 0.266 e. The number of hydrogen-bond donors (Lipinski definition) is 0. The lowest BCUT2D eigenvalue weighted by Gasteiger charge is -2.30. The van der Waals surface area contributed by atoms with Gasteiger partial charge in [0.25, 0.3) is 5.56 Å². The van der Waals surface area contributed by atoms with Gasteiger partial charge in [0.2, 0.25) is 5.91 Å². The molecule has 1 aliphatic carbocycles. The van der Waals surface area contributed by atoms with Crippen LogP contribution in [0.4, 0.5) is 0 Å². The summed E-state index contributed by atoms with van der Waals surface area (Å²) in [6.07, 6.45) is 2.78. The minimum Gasteiger partial charge on any atom is -0.333 e. The van der Waals surface area contributed by atoms with Crippen LogP contribution in [0.5, 0.6) is 0 Å². The van der Waals surface area contributed by atoms with E-state index in [2.05, 4.69) is 13.0 Å². The van der Waals surface area contributed by atoms with Crippen molar-refractivity contribution < 1.29 is 4.79 Å². The number of nitrogens with zero attached hydrogens (tertiary/aromatic N) is 3. The fourth-order valence-corrected chi connectivity index (χ4v) is 4.16. The highest BCUT2D eigenvalue weighted by Gasteiger charge is 2.36. The number of para-hydroxylation sites is 1. The lowest BCUT2D eigenvalue weighted by Crippen LogP contribution is -2.38. The Morgan fingerprint density at radius 1 is 1.20 bits per heavy atom. The molecule has 0 spiro atoms. The normalized spacial score (nSPS) is 14.7. The molecule has 0 N–H and O–H groups in total. The summed E-state index contributed by atoms with van der Waals surface area (Å²) in [7, 11) is 0. The van der Waals surface area contributed by atoms with Gasteiger partial charge < -0.3 is 4.90 Å². The van der Waals surface area contributed by atoms with E-state index in [-0.39, 0.29) is 23.4 Å². The molecule has 0 saturated heterocycles. The fourth-order valence-electron chi connectivity index (χ4n) is 4.16. The number of rotatable bonds is 6. The first-order valence-corrected chi connectivity index (χ1v) is 10.8. The first-order valence-electron chi connectivity index (χ1n) is 10.8. The molecule has 4 rings (SSSR count). The van der Waals surface area contributed by atoms with Gasteiger partial charge in [-0.1, -0.05) is 36.8 Å². The number of carbonyl (C=O) groups is 1. The molecule has 156 valence electrons. The molecule has 1 fully saturated rings. The molecule has 1 aliphatic rings. The van der Waals surface area contributed by atoms with Crippen molar-refractivity contribution in [1.29, 1.82) is 0 Å². The molecular formula is C25H29N3O2. The van der Waals surface area contributed by atoms with E-state index in [1.807, 2.05) is 62.1 Å². The Hall–Kier alpha value is -2.95. The summed E-state index contributed by atoms with van der Waals surface area (Å²) in [6, 6.07) is 13.2. The van der Waals surface area contributed by atoms with Gasteiger partial charge in [-0.2, -0.15) is 0 Å². The first kappa shape index (κ1) is 20.3. The van der Waals surface area contributed by atoms with Crippen LogP contribution in [0.15, 0.2) is 47.3 Å². The van der Waals surface area contributed by atoms with E-state index in [1.54, 1.807) is 4.57 Å². The first-order chi connectivity index (χ1) is 14.4. The Labute approximate surface area is 177 Å². The monoisotopic (exact) mass is 403 g/mol. The summed E-state index contributed by atoms with van der Waals surface area (Å²) in [5.41, 5.74) is 3.55. The molecule has 1 atom stereocenters. The number of aromatic nitrogens is 2. The largest absolute Gasteiger partial charge is 0.333 e. The van der Waals surface area contributed by atoms with Gasteiger partial charge in [0.15, 0.2) is 0 Å². The molecule has 1 saturated carbocycles. The van der Waals surface area contributed by atoms with Gasteiger partial charge >= 0.3 is 0 Å². The Balaban J connectivity index is 1.95. The Morgan fingerprint density at radius 2 is 1.93 bits per heavy atom. The second-order valence-electron chi connectivity index (χ2n) is 8.40. The molecule has 0 bridgehead atoms. The van der Waals surface area contributed by atoms with E-state index >= 15 is 0 Å². The lowest BCUT2D eigenvalue weighted by molar-refractivity contribution is -0.135. The van der Waals surface area contributed by atoms with Gasteiger partial charge in [-0.15, -0.1) is 0 Å². The number of amides is 1. The second-order valence-corrected chi connectivity index (χ2v) is 8.40. The molecule has 1 unspecified atom stereocenters. The zero-order valence-electron chi connectivity index (χ0n) is 18.2. The Bertz CT molecular complexity index is 1160. The van der Waals surface area contributed by atoms with Crippen LogP contribution in [0, 0.1) is 19.8 Å². The number of benzene rings is 2. The Morgan fingerprint density at radius 3 is 2.60 bits per heavy atom. The van der Waals surface area contributed by atoms with E-state index in [0.717, 1.165) is 36.1 Å². The van der Waals surface area contributed by atoms with Crippen LogP contribution in [0.25, 0.3) is 16.6 Å². The number of aryl methyl sites for hydroxylation is 2. The third-order valence-corrected chi connectivity index (χ3v) is 5.91. The average molecular weight is 404 g/mol. The van der Waals surface area contributed by atoms with Gasteiger partial charge in [-0.25, -0.2) is 4.98 Å². The number of fused-ring (bicyclic) bond motifs is 1. The minimum absolute atomic E-state index is 0.0928. The standard InChI is InChI=1S/C25H29N3O2/c1-5-14-27(24(29)19-11-12-19)18(4)23-26-21-9-7-6-8-20(21)25(30)28(23)22-13-10-16(2)15-17(22)3/h6-10,13,15,18-19H,5,11-12,14H2,1-4H3. The van der Waals surface area contributed by atoms with Gasteiger partial charge in [0, 0.05) is 12.5 Å². The number of carbonyl (C=O) groups excluding carboxylic acids is 1. The summed E-state index contributed by atoms with van der Waals surface area (Å²) in [5, 5.41) is 0.587. The van der Waals surface area contributed by atoms with Gasteiger partial charge in [0.05, 0.1) is 22.6 Å². The van der Waals surface area contributed by atoms with Gasteiger partial charge in [-0.05, 0) is 63.8 Å². The predicted octanol–water partition coefficient (Wildman–Crippen LogP) is 4.71. The average Bonchev–Trinajstić information content (AvgIpc) is 3.57. The molecule has 0 radical (unpaired) electrons. The molecule has 1 heterocycles. The molecule has 30 heavy (non-hydrogen) atoms. The zero-order valence-corrected chi connectivity index (χ0v) is 18.2. The van der Waals surface area contributed by atoms with Crippen LogP contribution >= 0.6 is 0 Å². The lowest BCUT2D eigenvalue weighted by atomic mass is 10.1. The van der Waals surface area contributed by atoms with Crippen molar-refractivity contribution in [1.82, 2.24) is 14.5 Å². The molecular weight excluding hydrogens is 374 g/mol. The highest BCUT2D eigenvalue weighted by atomic mass is 16.2. The van der Waals surface area contributed by atoms with E-state index in [9.17, 15) is 9.59 Å². The van der Waals surface area contributed by atoms with Crippen molar-refractivity contribution in [2.45, 2.75) is 53.0 Å². The van der Waals surface area contributed by atoms with Crippen LogP contribution < -0.4 is 5.56 Å². The van der Waals surface area contributed by atoms with Crippen molar-refractivity contribution in [3.8, 4) is 5.69 Å². The van der Waals surface area contributed by atoms with Gasteiger partial charge in [-0.3, -0.25) is 14.2 Å². The van der Waals surface area contributed by atoms with E-state index in [1.165, 1.54) is 0 Å². The third-order valence-electron chi connectivity index (χ3n) is 5.91. The van der Waals surface area contributed by atoms with E-state index in [0.29, 0.717) is 23.3 Å². The van der Waals surface area contributed by atoms with Gasteiger partial charge in [0.1, 0.15) is 5.82 Å². The molecule has 1 aromatic heterocycles. The van der Waals surface area contributed by atoms with Crippen LogP contribution in [0.3, 0.4) is 0 Å². The van der Waals surface area contributed by atoms with Crippen molar-refractivity contribution >= 4 is 16.8 Å². The molecule has 0 aliphatic heterocycles. The maximum atomic E-state index is 13.6. The molecule has 5 heteroatoms. The fraction of sp³-hybridized carbons (Fsp3) is 0.400. The predicted molar refractivity (Wildman–Crippen MR) is 120 cm³/mol. The minimum atomic E-state index is -0.295. The third kappa shape index (κ3) is 3.64. The van der Waals surface area contributed by atoms with Crippen molar-refractivity contribution in [3.63, 3.8) is 0 Å². The summed E-state index contributed by atoms with van der Waals surface area (Å²) >= 11 is 0. The van der Waals surface area contributed by atoms with Crippen LogP contribution in [0.1, 0.15) is 56.1 Å². The summed E-state index contributed by atoms with van der Waals surface area (Å²) in [5.74, 6) is 0.924. The molecule has 1 amide bonds. The van der Waals surface area contributed by atoms with Crippen molar-refractivity contribution in [2.75, 3.05) is 6.54 Å². The van der Waals surface area contributed by atoms with Crippen LogP contribution in [-0.2, 0) is 4.79 Å². The maximum absolute atomic E-state index is 13.6. The molecule has 2 aromatic carbocycles. The topological polar surface area (TPSA) is 55.2 Å². The number of hydrogen-bond acceptors (Lipinski definition) is 3. The summed E-state index contributed by atoms with van der Waals surface area (Å²) in [6.45, 7) is 8.78. The van der Waals surface area contributed by atoms with Crippen LogP contribution in [0.2, 0.25) is 0 Å². The van der Waals surface area contributed by atoms with Crippen molar-refractivity contribution in [2.24, 2.45) is 5.92 Å². The SMILES string of the molecule is CCCN(C(=O)C1CC1)C(C)c1nc2ccccc2c(=O)n1-c1ccc(C)cc1C.